The number of hydrogen-bond acceptors (Lipinski definition) is 4. The zero-order valence-electron chi connectivity index (χ0n) is 11.3. The molecule has 1 heterocycles. The van der Waals surface area contributed by atoms with E-state index in [0.29, 0.717) is 6.54 Å². The van der Waals surface area contributed by atoms with Crippen LogP contribution in [0.2, 0.25) is 0 Å². The number of hydrogen-bond donors (Lipinski definition) is 2. The van der Waals surface area contributed by atoms with Gasteiger partial charge in [-0.15, -0.1) is 0 Å². The number of carbonyl (C=O) groups is 1. The van der Waals surface area contributed by atoms with Crippen molar-refractivity contribution in [3.63, 3.8) is 0 Å². The molecule has 1 fully saturated rings. The van der Waals surface area contributed by atoms with Crippen molar-refractivity contribution in [3.05, 3.63) is 0 Å². The van der Waals surface area contributed by atoms with Crippen LogP contribution in [0.3, 0.4) is 0 Å². The van der Waals surface area contributed by atoms with E-state index in [0.717, 1.165) is 13.0 Å². The molecule has 1 amide bonds. The average molecular weight is 277 g/mol. The zero-order valence-corrected chi connectivity index (χ0v) is 12.1. The second-order valence-corrected chi connectivity index (χ2v) is 7.90. The smallest absolute Gasteiger partial charge is 0.232 e. The third-order valence-corrected chi connectivity index (χ3v) is 5.10. The highest BCUT2D eigenvalue weighted by Crippen LogP contribution is 2.21. The van der Waals surface area contributed by atoms with Crippen LogP contribution >= 0.6 is 0 Å². The average Bonchev–Trinajstić information content (AvgIpc) is 2.61. The molecule has 0 bridgehead atoms. The minimum Gasteiger partial charge on any atom is -0.369 e. The lowest BCUT2D eigenvalue weighted by Crippen LogP contribution is -2.48. The molecule has 3 N–H and O–H groups in total. The third-order valence-electron chi connectivity index (χ3n) is 2.73. The molecule has 0 saturated carbocycles. The predicted octanol–water partition coefficient (Wildman–Crippen LogP) is -0.488. The van der Waals surface area contributed by atoms with Gasteiger partial charge in [0.1, 0.15) is 0 Å². The first kappa shape index (κ1) is 15.4. The van der Waals surface area contributed by atoms with Crippen molar-refractivity contribution in [2.75, 3.05) is 25.4 Å². The highest BCUT2D eigenvalue weighted by atomic mass is 32.2. The van der Waals surface area contributed by atoms with Crippen molar-refractivity contribution >= 4 is 15.9 Å². The van der Waals surface area contributed by atoms with Gasteiger partial charge in [-0.05, 0) is 18.4 Å². The standard InChI is InChI=1S/C11H23N3O3S/c1-11(2,3)8-18(16,17)14(7-10(12)15)9-4-5-13-6-9/h9,13H,4-8H2,1-3H3,(H2,12,15). The number of amides is 1. The summed E-state index contributed by atoms with van der Waals surface area (Å²) in [4.78, 5) is 11.1. The lowest BCUT2D eigenvalue weighted by atomic mass is 10.0. The van der Waals surface area contributed by atoms with Gasteiger partial charge < -0.3 is 11.1 Å². The molecule has 0 aromatic carbocycles. The van der Waals surface area contributed by atoms with Crippen LogP contribution in [0, 0.1) is 5.41 Å². The summed E-state index contributed by atoms with van der Waals surface area (Å²) in [5.74, 6) is -0.594. The number of nitrogens with two attached hydrogens (primary N) is 1. The van der Waals surface area contributed by atoms with Gasteiger partial charge in [0.2, 0.25) is 15.9 Å². The summed E-state index contributed by atoms with van der Waals surface area (Å²) >= 11 is 0. The number of rotatable bonds is 5. The summed E-state index contributed by atoms with van der Waals surface area (Å²) in [5, 5.41) is 3.10. The highest BCUT2D eigenvalue weighted by Gasteiger charge is 2.35. The normalized spacial score (nSPS) is 21.4. The third kappa shape index (κ3) is 4.55. The van der Waals surface area contributed by atoms with E-state index in [2.05, 4.69) is 5.32 Å². The van der Waals surface area contributed by atoms with Crippen molar-refractivity contribution in [2.45, 2.75) is 33.2 Å². The molecule has 1 unspecified atom stereocenters. The molecule has 0 spiro atoms. The Hall–Kier alpha value is -0.660. The molecule has 0 aromatic heterocycles. The van der Waals surface area contributed by atoms with Gasteiger partial charge >= 0.3 is 0 Å². The molecule has 0 radical (unpaired) electrons. The molecule has 6 nitrogen and oxygen atoms in total. The van der Waals surface area contributed by atoms with Gasteiger partial charge in [0, 0.05) is 12.6 Å². The summed E-state index contributed by atoms with van der Waals surface area (Å²) in [6.45, 7) is 6.70. The van der Waals surface area contributed by atoms with E-state index in [1.807, 2.05) is 20.8 Å². The second-order valence-electron chi connectivity index (χ2n) is 5.98. The topological polar surface area (TPSA) is 92.5 Å². The SMILES string of the molecule is CC(C)(C)CS(=O)(=O)N(CC(N)=O)C1CCNC1. The van der Waals surface area contributed by atoms with Crippen molar-refractivity contribution in [3.8, 4) is 0 Å². The Balaban J connectivity index is 2.90. The second kappa shape index (κ2) is 5.54. The summed E-state index contributed by atoms with van der Waals surface area (Å²) in [5.41, 5.74) is 4.81. The molecule has 7 heteroatoms. The van der Waals surface area contributed by atoms with Crippen molar-refractivity contribution < 1.29 is 13.2 Å². The molecule has 1 saturated heterocycles. The van der Waals surface area contributed by atoms with Crippen LogP contribution in [0.1, 0.15) is 27.2 Å². The first-order valence-electron chi connectivity index (χ1n) is 6.10. The van der Waals surface area contributed by atoms with Crippen LogP contribution in [-0.4, -0.2) is 50.1 Å². The first-order chi connectivity index (χ1) is 8.12. The van der Waals surface area contributed by atoms with E-state index in [4.69, 9.17) is 5.73 Å². The van der Waals surface area contributed by atoms with Crippen LogP contribution in [0.4, 0.5) is 0 Å². The zero-order chi connectivity index (χ0) is 14.0. The summed E-state index contributed by atoms with van der Waals surface area (Å²) in [6.07, 6.45) is 0.719. The Kier molecular flexibility index (Phi) is 4.74. The Bertz CT molecular complexity index is 394. The molecule has 106 valence electrons. The van der Waals surface area contributed by atoms with E-state index >= 15 is 0 Å². The summed E-state index contributed by atoms with van der Waals surface area (Å²) in [6, 6.07) is -0.162. The van der Waals surface area contributed by atoms with Gasteiger partial charge in [0.25, 0.3) is 0 Å². The number of nitrogens with zero attached hydrogens (tertiary/aromatic N) is 1. The van der Waals surface area contributed by atoms with E-state index in [9.17, 15) is 13.2 Å². The van der Waals surface area contributed by atoms with Gasteiger partial charge in [-0.3, -0.25) is 4.79 Å². The number of primary amides is 1. The molecule has 1 aliphatic heterocycles. The summed E-state index contributed by atoms with van der Waals surface area (Å²) < 4.78 is 26.0. The molecule has 0 aromatic rings. The minimum atomic E-state index is -3.47. The molecule has 1 atom stereocenters. The van der Waals surface area contributed by atoms with E-state index in [1.54, 1.807) is 0 Å². The molecule has 18 heavy (non-hydrogen) atoms. The minimum absolute atomic E-state index is 0.0176. The van der Waals surface area contributed by atoms with E-state index < -0.39 is 15.9 Å². The Morgan fingerprint density at radius 1 is 1.44 bits per heavy atom. The van der Waals surface area contributed by atoms with Crippen molar-refractivity contribution in [1.82, 2.24) is 9.62 Å². The molecule has 0 aliphatic carbocycles. The molecule has 1 rings (SSSR count). The lowest BCUT2D eigenvalue weighted by molar-refractivity contribution is -0.118. The van der Waals surface area contributed by atoms with Gasteiger partial charge in [0.15, 0.2) is 0 Å². The fourth-order valence-corrected chi connectivity index (χ4v) is 4.34. The van der Waals surface area contributed by atoms with Crippen LogP contribution in [-0.2, 0) is 14.8 Å². The lowest BCUT2D eigenvalue weighted by Gasteiger charge is -2.29. The number of carbonyl (C=O) groups excluding carboxylic acids is 1. The van der Waals surface area contributed by atoms with Crippen LogP contribution in [0.25, 0.3) is 0 Å². The van der Waals surface area contributed by atoms with Gasteiger partial charge in [-0.1, -0.05) is 20.8 Å². The van der Waals surface area contributed by atoms with Crippen LogP contribution in [0.5, 0.6) is 0 Å². The maximum atomic E-state index is 12.4. The molecular formula is C11H23N3O3S. The Morgan fingerprint density at radius 3 is 2.44 bits per heavy atom. The van der Waals surface area contributed by atoms with Crippen molar-refractivity contribution in [1.29, 1.82) is 0 Å². The van der Waals surface area contributed by atoms with Crippen LogP contribution in [0.15, 0.2) is 0 Å². The fraction of sp³-hybridized carbons (Fsp3) is 0.909. The van der Waals surface area contributed by atoms with Crippen molar-refractivity contribution in [2.24, 2.45) is 11.1 Å². The highest BCUT2D eigenvalue weighted by molar-refractivity contribution is 7.89. The monoisotopic (exact) mass is 277 g/mol. The quantitative estimate of drug-likeness (QED) is 0.709. The number of sulfonamides is 1. The van der Waals surface area contributed by atoms with Gasteiger partial charge in [-0.25, -0.2) is 8.42 Å². The first-order valence-corrected chi connectivity index (χ1v) is 7.71. The van der Waals surface area contributed by atoms with Gasteiger partial charge in [-0.2, -0.15) is 4.31 Å². The van der Waals surface area contributed by atoms with Gasteiger partial charge in [0.05, 0.1) is 12.3 Å². The number of nitrogens with one attached hydrogen (secondary N) is 1. The molecular weight excluding hydrogens is 254 g/mol. The fourth-order valence-electron chi connectivity index (χ4n) is 2.12. The summed E-state index contributed by atoms with van der Waals surface area (Å²) in [7, 11) is -3.47. The predicted molar refractivity (Wildman–Crippen MR) is 70.4 cm³/mol. The Labute approximate surface area is 109 Å². The largest absolute Gasteiger partial charge is 0.369 e. The maximum absolute atomic E-state index is 12.4. The van der Waals surface area contributed by atoms with E-state index in [-0.39, 0.29) is 23.8 Å². The van der Waals surface area contributed by atoms with Crippen LogP contribution < -0.4 is 11.1 Å². The Morgan fingerprint density at radius 2 is 2.06 bits per heavy atom. The van der Waals surface area contributed by atoms with E-state index in [1.165, 1.54) is 4.31 Å². The maximum Gasteiger partial charge on any atom is 0.232 e. The molecule has 1 aliphatic rings.